The van der Waals surface area contributed by atoms with Crippen LogP contribution in [0.4, 0.5) is 0 Å². The van der Waals surface area contributed by atoms with Gasteiger partial charge < -0.3 is 14.2 Å². The lowest BCUT2D eigenvalue weighted by atomic mass is 9.98. The molecule has 0 N–H and O–H groups in total. The highest BCUT2D eigenvalue weighted by atomic mass is 79.9. The van der Waals surface area contributed by atoms with Crippen LogP contribution in [0.1, 0.15) is 22.3 Å². The number of nitrogens with zero attached hydrogens (tertiary/aromatic N) is 6. The van der Waals surface area contributed by atoms with Crippen LogP contribution >= 0.6 is 15.9 Å². The van der Waals surface area contributed by atoms with Gasteiger partial charge in [-0.1, -0.05) is 54.6 Å². The Bertz CT molecular complexity index is 2220. The van der Waals surface area contributed by atoms with Gasteiger partial charge in [-0.05, 0) is 109 Å². The van der Waals surface area contributed by atoms with Crippen LogP contribution < -0.4 is 14.2 Å². The molecule has 0 saturated carbocycles. The van der Waals surface area contributed by atoms with Gasteiger partial charge in [0.1, 0.15) is 22.1 Å². The van der Waals surface area contributed by atoms with E-state index in [1.54, 1.807) is 80.6 Å². The standard InChI is InChI=1S/C38H33BrN6O5S/c1-48-31-14-6-27(7-15-31)23-44(24-28-8-16-32(49-2)17-9-28)51(46,47)37-35(39)21-20-34(30-12-4-26(22-40)5-13-30)36(37)38-41-42-43-45(38)25-29-10-18-33(50-3)19-11-29/h4-21H,23-25H2,1-3H3. The summed E-state index contributed by atoms with van der Waals surface area (Å²) in [6.45, 7) is 0.372. The molecule has 6 aromatic rings. The van der Waals surface area contributed by atoms with Crippen molar-refractivity contribution in [3.8, 4) is 45.8 Å². The number of aromatic nitrogens is 4. The molecule has 11 nitrogen and oxygen atoms in total. The summed E-state index contributed by atoms with van der Waals surface area (Å²) in [7, 11) is 0.448. The first-order valence-electron chi connectivity index (χ1n) is 15.7. The molecule has 1 aromatic heterocycles. The fraction of sp³-hybridized carbons (Fsp3) is 0.158. The molecule has 0 aliphatic heterocycles. The summed E-state index contributed by atoms with van der Waals surface area (Å²) in [5.74, 6) is 2.27. The van der Waals surface area contributed by atoms with Crippen molar-refractivity contribution >= 4 is 26.0 Å². The van der Waals surface area contributed by atoms with Crippen molar-refractivity contribution in [2.75, 3.05) is 21.3 Å². The van der Waals surface area contributed by atoms with Crippen LogP contribution in [-0.2, 0) is 29.7 Å². The van der Waals surface area contributed by atoms with E-state index in [0.29, 0.717) is 44.0 Å². The molecule has 0 radical (unpaired) electrons. The number of methoxy groups -OCH3 is 3. The maximum Gasteiger partial charge on any atom is 0.245 e. The van der Waals surface area contributed by atoms with E-state index >= 15 is 8.42 Å². The number of sulfonamides is 1. The summed E-state index contributed by atoms with van der Waals surface area (Å²) < 4.78 is 49.9. The Kier molecular flexibility index (Phi) is 10.8. The van der Waals surface area contributed by atoms with E-state index < -0.39 is 10.0 Å². The smallest absolute Gasteiger partial charge is 0.245 e. The summed E-state index contributed by atoms with van der Waals surface area (Å²) in [4.78, 5) is -0.00263. The molecule has 51 heavy (non-hydrogen) atoms. The molecular weight excluding hydrogens is 732 g/mol. The van der Waals surface area contributed by atoms with Gasteiger partial charge in [0.15, 0.2) is 5.82 Å². The van der Waals surface area contributed by atoms with E-state index in [2.05, 4.69) is 37.5 Å². The number of nitriles is 1. The zero-order valence-electron chi connectivity index (χ0n) is 28.0. The maximum absolute atomic E-state index is 15.3. The molecule has 0 unspecified atom stereocenters. The molecule has 258 valence electrons. The van der Waals surface area contributed by atoms with Crippen molar-refractivity contribution in [2.45, 2.75) is 24.5 Å². The van der Waals surface area contributed by atoms with Gasteiger partial charge in [-0.25, -0.2) is 13.1 Å². The number of rotatable bonds is 13. The minimum atomic E-state index is -4.31. The fourth-order valence-corrected chi connectivity index (χ4v) is 8.23. The van der Waals surface area contributed by atoms with Crippen LogP contribution in [0.25, 0.3) is 22.5 Å². The average molecular weight is 766 g/mol. The lowest BCUT2D eigenvalue weighted by Crippen LogP contribution is -2.31. The van der Waals surface area contributed by atoms with Gasteiger partial charge >= 0.3 is 0 Å². The zero-order chi connectivity index (χ0) is 36.0. The van der Waals surface area contributed by atoms with E-state index in [-0.39, 0.29) is 30.4 Å². The lowest BCUT2D eigenvalue weighted by Gasteiger charge is -2.26. The SMILES string of the molecule is COc1ccc(CN(Cc2ccc(OC)cc2)S(=O)(=O)c2c(Br)ccc(-c3ccc(C#N)cc3)c2-c2nnnn2Cc2ccc(OC)cc2)cc1. The molecule has 0 atom stereocenters. The van der Waals surface area contributed by atoms with Crippen LogP contribution in [-0.4, -0.2) is 54.3 Å². The molecule has 0 aliphatic rings. The van der Waals surface area contributed by atoms with Gasteiger partial charge in [-0.15, -0.1) is 5.10 Å². The van der Waals surface area contributed by atoms with Gasteiger partial charge in [-0.2, -0.15) is 9.57 Å². The molecule has 13 heteroatoms. The highest BCUT2D eigenvalue weighted by Gasteiger charge is 2.34. The highest BCUT2D eigenvalue weighted by molar-refractivity contribution is 9.10. The second-order valence-corrected chi connectivity index (χ2v) is 14.2. The lowest BCUT2D eigenvalue weighted by molar-refractivity contribution is 0.397. The first kappa shape index (κ1) is 35.3. The predicted octanol–water partition coefficient (Wildman–Crippen LogP) is 7.11. The maximum atomic E-state index is 15.3. The van der Waals surface area contributed by atoms with Crippen LogP contribution in [0, 0.1) is 11.3 Å². The van der Waals surface area contributed by atoms with Crippen molar-refractivity contribution in [1.82, 2.24) is 24.5 Å². The van der Waals surface area contributed by atoms with Gasteiger partial charge in [0.25, 0.3) is 0 Å². The Morgan fingerprint density at radius 2 is 1.24 bits per heavy atom. The average Bonchev–Trinajstić information content (AvgIpc) is 3.62. The quantitative estimate of drug-likeness (QED) is 0.121. The summed E-state index contributed by atoms with van der Waals surface area (Å²) in [5.41, 5.74) is 4.44. The Labute approximate surface area is 304 Å². The second-order valence-electron chi connectivity index (χ2n) is 11.5. The molecule has 0 saturated heterocycles. The van der Waals surface area contributed by atoms with E-state index in [0.717, 1.165) is 16.7 Å². The third kappa shape index (κ3) is 7.78. The molecule has 0 amide bonds. The summed E-state index contributed by atoms with van der Waals surface area (Å²) in [5, 5.41) is 22.2. The van der Waals surface area contributed by atoms with Crippen molar-refractivity contribution in [1.29, 1.82) is 5.26 Å². The Hall–Kier alpha value is -5.55. The van der Waals surface area contributed by atoms with E-state index in [9.17, 15) is 5.26 Å². The monoisotopic (exact) mass is 764 g/mol. The molecule has 0 aliphatic carbocycles. The normalized spacial score (nSPS) is 11.3. The van der Waals surface area contributed by atoms with Gasteiger partial charge in [0.2, 0.25) is 10.0 Å². The third-order valence-electron chi connectivity index (χ3n) is 8.32. The van der Waals surface area contributed by atoms with Gasteiger partial charge in [0.05, 0.1) is 39.5 Å². The van der Waals surface area contributed by atoms with Crippen LogP contribution in [0.15, 0.2) is 119 Å². The fourth-order valence-electron chi connectivity index (χ4n) is 5.61. The van der Waals surface area contributed by atoms with Crippen molar-refractivity contribution < 1.29 is 22.6 Å². The van der Waals surface area contributed by atoms with E-state index in [4.69, 9.17) is 14.2 Å². The van der Waals surface area contributed by atoms with Crippen molar-refractivity contribution in [3.05, 3.63) is 136 Å². The Morgan fingerprint density at radius 1 is 0.725 bits per heavy atom. The molecule has 5 aromatic carbocycles. The first-order valence-corrected chi connectivity index (χ1v) is 18.0. The molecule has 6 rings (SSSR count). The Morgan fingerprint density at radius 3 is 1.73 bits per heavy atom. The van der Waals surface area contributed by atoms with Crippen molar-refractivity contribution in [3.63, 3.8) is 0 Å². The highest BCUT2D eigenvalue weighted by Crippen LogP contribution is 2.42. The number of hydrogen-bond acceptors (Lipinski definition) is 9. The predicted molar refractivity (Wildman–Crippen MR) is 196 cm³/mol. The van der Waals surface area contributed by atoms with Gasteiger partial charge in [0, 0.05) is 23.1 Å². The second kappa shape index (κ2) is 15.6. The summed E-state index contributed by atoms with van der Waals surface area (Å²) in [6.07, 6.45) is 0. The van der Waals surface area contributed by atoms with Crippen LogP contribution in [0.2, 0.25) is 0 Å². The molecule has 0 bridgehead atoms. The number of hydrogen-bond donors (Lipinski definition) is 0. The third-order valence-corrected chi connectivity index (χ3v) is 11.1. The number of benzene rings is 5. The minimum Gasteiger partial charge on any atom is -0.497 e. The zero-order valence-corrected chi connectivity index (χ0v) is 30.4. The molecular formula is C38H33BrN6O5S. The van der Waals surface area contributed by atoms with Gasteiger partial charge in [-0.3, -0.25) is 0 Å². The molecule has 0 fully saturated rings. The Balaban J connectivity index is 1.54. The van der Waals surface area contributed by atoms with Crippen molar-refractivity contribution in [2.24, 2.45) is 0 Å². The number of halogens is 1. The number of ether oxygens (including phenoxy) is 3. The molecule has 1 heterocycles. The largest absolute Gasteiger partial charge is 0.497 e. The van der Waals surface area contributed by atoms with E-state index in [1.165, 1.54) is 4.31 Å². The molecule has 0 spiro atoms. The minimum absolute atomic E-state index is 0.00263. The van der Waals surface area contributed by atoms with Crippen LogP contribution in [0.3, 0.4) is 0 Å². The summed E-state index contributed by atoms with van der Waals surface area (Å²) in [6, 6.07) is 34.7. The topological polar surface area (TPSA) is 132 Å². The van der Waals surface area contributed by atoms with E-state index in [1.807, 2.05) is 54.6 Å². The van der Waals surface area contributed by atoms with Crippen LogP contribution in [0.5, 0.6) is 17.2 Å². The summed E-state index contributed by atoms with van der Waals surface area (Å²) >= 11 is 3.61. The number of tetrazole rings is 1. The first-order chi connectivity index (χ1) is 24.7.